The van der Waals surface area contributed by atoms with Crippen molar-refractivity contribution >= 4 is 23.6 Å². The van der Waals surface area contributed by atoms with Crippen LogP contribution in [-0.2, 0) is 30.3 Å². The average Bonchev–Trinajstić information content (AvgIpc) is 3.53. The first-order chi connectivity index (χ1) is 24.5. The third-order valence-corrected chi connectivity index (χ3v) is 8.52. The molecule has 0 bridgehead atoms. The van der Waals surface area contributed by atoms with Gasteiger partial charge in [-0.15, -0.1) is 5.92 Å². The maximum absolute atomic E-state index is 13.9. The molecule has 0 aliphatic heterocycles. The number of nitrogens with zero attached hydrogens (tertiary/aromatic N) is 1. The molecule has 0 saturated carbocycles. The summed E-state index contributed by atoms with van der Waals surface area (Å²) in [4.78, 5) is 54.3. The Balaban J connectivity index is 2.13. The molecule has 0 aliphatic carbocycles. The van der Waals surface area contributed by atoms with E-state index in [0.29, 0.717) is 36.6 Å². The highest BCUT2D eigenvalue weighted by Crippen LogP contribution is 2.28. The van der Waals surface area contributed by atoms with Crippen LogP contribution in [0.15, 0.2) is 47.0 Å². The van der Waals surface area contributed by atoms with Gasteiger partial charge in [-0.1, -0.05) is 75.7 Å². The molecule has 0 aliphatic rings. The first-order valence-corrected chi connectivity index (χ1v) is 18.1. The van der Waals surface area contributed by atoms with Crippen molar-refractivity contribution in [1.29, 1.82) is 0 Å². The maximum Gasteiger partial charge on any atom is 0.336 e. The zero-order valence-corrected chi connectivity index (χ0v) is 30.7. The van der Waals surface area contributed by atoms with Crippen molar-refractivity contribution in [2.24, 2.45) is 5.92 Å². The molecule has 1 aromatic heterocycles. The lowest BCUT2D eigenvalue weighted by molar-refractivity contribution is -0.170. The van der Waals surface area contributed by atoms with Gasteiger partial charge in [-0.3, -0.25) is 14.4 Å². The van der Waals surface area contributed by atoms with Gasteiger partial charge in [0.15, 0.2) is 5.60 Å². The first kappa shape index (κ1) is 42.7. The van der Waals surface area contributed by atoms with Gasteiger partial charge in [-0.25, -0.2) is 9.78 Å². The van der Waals surface area contributed by atoms with E-state index in [-0.39, 0.29) is 18.9 Å². The Hall–Kier alpha value is -4.43. The van der Waals surface area contributed by atoms with E-state index in [9.17, 15) is 29.4 Å². The van der Waals surface area contributed by atoms with Crippen LogP contribution in [0.25, 0.3) is 0 Å². The number of carbonyl (C=O) groups excluding carboxylic acids is 3. The van der Waals surface area contributed by atoms with Gasteiger partial charge >= 0.3 is 11.9 Å². The van der Waals surface area contributed by atoms with Crippen molar-refractivity contribution in [2.75, 3.05) is 13.2 Å². The van der Waals surface area contributed by atoms with E-state index in [4.69, 9.17) is 13.9 Å². The zero-order valence-electron chi connectivity index (χ0n) is 30.7. The van der Waals surface area contributed by atoms with Gasteiger partial charge in [0.05, 0.1) is 18.7 Å². The number of aryl methyl sites for hydroxylation is 1. The monoisotopic (exact) mass is 708 g/mol. The molecule has 2 rings (SSSR count). The maximum atomic E-state index is 13.9. The molecule has 0 spiro atoms. The number of hydrogen-bond acceptors (Lipinski definition) is 9. The van der Waals surface area contributed by atoms with E-state index >= 15 is 0 Å². The van der Waals surface area contributed by atoms with E-state index < -0.39 is 48.4 Å². The van der Waals surface area contributed by atoms with Crippen LogP contribution >= 0.6 is 0 Å². The lowest BCUT2D eigenvalue weighted by Crippen LogP contribution is -2.53. The minimum absolute atomic E-state index is 0.218. The van der Waals surface area contributed by atoms with Crippen LogP contribution in [0.5, 0.6) is 5.75 Å². The minimum atomic E-state index is -2.58. The second-order valence-corrected chi connectivity index (χ2v) is 12.8. The highest BCUT2D eigenvalue weighted by atomic mass is 16.5. The number of ketones is 1. The summed E-state index contributed by atoms with van der Waals surface area (Å²) in [5, 5.41) is 24.5. The van der Waals surface area contributed by atoms with Crippen LogP contribution in [0.1, 0.15) is 127 Å². The largest absolute Gasteiger partial charge is 0.481 e. The van der Waals surface area contributed by atoms with Crippen molar-refractivity contribution in [3.05, 3.63) is 59.8 Å². The Morgan fingerprint density at radius 3 is 2.27 bits per heavy atom. The molecule has 3 N–H and O–H groups in total. The third-order valence-electron chi connectivity index (χ3n) is 8.52. The number of esters is 1. The molecule has 0 saturated heterocycles. The van der Waals surface area contributed by atoms with Gasteiger partial charge < -0.3 is 29.4 Å². The number of nitrogens with one attached hydrogen (secondary N) is 1. The molecule has 0 unspecified atom stereocenters. The van der Waals surface area contributed by atoms with Crippen molar-refractivity contribution in [1.82, 2.24) is 10.3 Å². The normalized spacial score (nSPS) is 13.4. The third kappa shape index (κ3) is 16.4. The number of allylic oxidation sites excluding steroid dienone is 1. The first-order valence-electron chi connectivity index (χ1n) is 18.1. The predicted octanol–water partition coefficient (Wildman–Crippen LogP) is 7.00. The number of benzene rings is 1. The van der Waals surface area contributed by atoms with E-state index in [0.717, 1.165) is 44.1 Å². The Morgan fingerprint density at radius 1 is 1.02 bits per heavy atom. The number of oxazole rings is 1. The zero-order chi connectivity index (χ0) is 37.5. The number of aliphatic hydroxyl groups is 1. The summed E-state index contributed by atoms with van der Waals surface area (Å²) in [5.41, 5.74) is -1.76. The van der Waals surface area contributed by atoms with Crippen LogP contribution in [0.2, 0.25) is 0 Å². The molecule has 1 amide bonds. The summed E-state index contributed by atoms with van der Waals surface area (Å²) in [6.07, 6.45) is 15.1. The van der Waals surface area contributed by atoms with Gasteiger partial charge in [-0.2, -0.15) is 0 Å². The van der Waals surface area contributed by atoms with Gasteiger partial charge in [0, 0.05) is 32.6 Å². The standard InChI is InChI=1S/C40H56N2O9/c1-5-7-9-12-15-18-33(44)19-16-13-10-11-14-17-20-35(40(48,39(46)47)25-27-49-31(4)43)37(45)42-36(38-41-29-30(3)51-38)28-32-21-23-34(24-22-32)50-26-8-6-2/h17,20-24,29,35-36,48H,5,7,9-16,18-19,25-28H2,1-4H3,(H,42,45)(H,46,47)/t35-,36+,40+/m1/s1. The average molecular weight is 709 g/mol. The molecule has 280 valence electrons. The van der Waals surface area contributed by atoms with Crippen LogP contribution in [0.3, 0.4) is 0 Å². The lowest BCUT2D eigenvalue weighted by atomic mass is 9.83. The summed E-state index contributed by atoms with van der Waals surface area (Å²) >= 11 is 0. The number of Topliss-reactive ketones (excluding diaryl/α,β-unsaturated/α-hetero) is 1. The Morgan fingerprint density at radius 2 is 1.69 bits per heavy atom. The SMILES string of the molecule is CC#CCOc1ccc(C[C@H](NC(=O)[C@@H](C=CCCCCCCC(=O)CCCCCCC)[C@@](O)(CCOC(C)=O)C(=O)O)c2ncc(C)o2)cc1. The second-order valence-electron chi connectivity index (χ2n) is 12.8. The van der Waals surface area contributed by atoms with Crippen LogP contribution in [0.4, 0.5) is 0 Å². The topological polar surface area (TPSA) is 165 Å². The highest BCUT2D eigenvalue weighted by Gasteiger charge is 2.47. The summed E-state index contributed by atoms with van der Waals surface area (Å²) in [7, 11) is 0. The number of rotatable bonds is 26. The van der Waals surface area contributed by atoms with E-state index in [1.807, 2.05) is 12.1 Å². The molecule has 1 aromatic carbocycles. The number of aromatic nitrogens is 1. The smallest absolute Gasteiger partial charge is 0.336 e. The molecule has 0 fully saturated rings. The predicted molar refractivity (Wildman–Crippen MR) is 194 cm³/mol. The summed E-state index contributed by atoms with van der Waals surface area (Å²) < 4.78 is 16.3. The number of carbonyl (C=O) groups is 4. The molecule has 0 radical (unpaired) electrons. The van der Waals surface area contributed by atoms with Gasteiger partial charge in [0.25, 0.3) is 0 Å². The number of carboxylic acids is 1. The molecule has 1 heterocycles. The number of ether oxygens (including phenoxy) is 2. The van der Waals surface area contributed by atoms with E-state index in [1.165, 1.54) is 38.5 Å². The summed E-state index contributed by atoms with van der Waals surface area (Å²) in [6, 6.07) is 6.43. The molecular formula is C40H56N2O9. The van der Waals surface area contributed by atoms with Crippen LogP contribution in [0, 0.1) is 24.7 Å². The number of unbranched alkanes of at least 4 members (excludes halogenated alkanes) is 8. The number of amides is 1. The number of aliphatic carboxylic acids is 1. The fourth-order valence-electron chi connectivity index (χ4n) is 5.57. The Bertz CT molecular complexity index is 1450. The van der Waals surface area contributed by atoms with E-state index in [2.05, 4.69) is 29.1 Å². The van der Waals surface area contributed by atoms with Crippen molar-refractivity contribution in [3.8, 4) is 17.6 Å². The molecular weight excluding hydrogens is 652 g/mol. The second kappa shape index (κ2) is 23.9. The fourth-order valence-corrected chi connectivity index (χ4v) is 5.57. The van der Waals surface area contributed by atoms with Gasteiger partial charge in [-0.05, 0) is 57.2 Å². The fraction of sp³-hybridized carbons (Fsp3) is 0.575. The lowest BCUT2D eigenvalue weighted by Gasteiger charge is -2.30. The minimum Gasteiger partial charge on any atom is -0.481 e. The Kier molecular flexibility index (Phi) is 20.0. The van der Waals surface area contributed by atoms with E-state index in [1.54, 1.807) is 32.1 Å². The van der Waals surface area contributed by atoms with Crippen LogP contribution in [-0.4, -0.2) is 57.6 Å². The van der Waals surface area contributed by atoms with Crippen molar-refractivity contribution in [2.45, 2.75) is 129 Å². The quantitative estimate of drug-likeness (QED) is 0.0401. The molecule has 2 aromatic rings. The number of hydrogen-bond donors (Lipinski definition) is 3. The summed E-state index contributed by atoms with van der Waals surface area (Å²) in [5.74, 6) is 2.73. The summed E-state index contributed by atoms with van der Waals surface area (Å²) in [6.45, 7) is 6.65. The molecule has 11 heteroatoms. The van der Waals surface area contributed by atoms with Gasteiger partial charge in [0.1, 0.15) is 29.9 Å². The van der Waals surface area contributed by atoms with Crippen LogP contribution < -0.4 is 10.1 Å². The molecule has 51 heavy (non-hydrogen) atoms. The van der Waals surface area contributed by atoms with Crippen molar-refractivity contribution < 1.29 is 43.3 Å². The molecule has 3 atom stereocenters. The van der Waals surface area contributed by atoms with Crippen molar-refractivity contribution in [3.63, 3.8) is 0 Å². The number of carboxylic acid groups (broad SMARTS) is 1. The Labute approximate surface area is 302 Å². The molecule has 11 nitrogen and oxygen atoms in total. The highest BCUT2D eigenvalue weighted by molar-refractivity contribution is 5.90. The van der Waals surface area contributed by atoms with Gasteiger partial charge in [0.2, 0.25) is 11.8 Å².